The van der Waals surface area contributed by atoms with Gasteiger partial charge in [0.1, 0.15) is 6.61 Å². The van der Waals surface area contributed by atoms with Crippen molar-refractivity contribution in [2.45, 2.75) is 50.0 Å². The molecule has 0 aliphatic carbocycles. The summed E-state index contributed by atoms with van der Waals surface area (Å²) in [5.74, 6) is 1.77. The lowest BCUT2D eigenvalue weighted by Crippen LogP contribution is -2.47. The van der Waals surface area contributed by atoms with Crippen molar-refractivity contribution in [3.63, 3.8) is 0 Å². The Balaban J connectivity index is 1.34. The van der Waals surface area contributed by atoms with E-state index in [1.807, 2.05) is 35.2 Å². The molecule has 0 atom stereocenters. The van der Waals surface area contributed by atoms with E-state index in [2.05, 4.69) is 5.16 Å². The number of benzene rings is 1. The van der Waals surface area contributed by atoms with Gasteiger partial charge in [-0.25, -0.2) is 0 Å². The molecule has 2 aliphatic heterocycles. The fraction of sp³-hybridized carbons (Fsp3) is 0.625. The maximum atomic E-state index is 12.7. The van der Waals surface area contributed by atoms with Gasteiger partial charge in [0.2, 0.25) is 11.8 Å². The summed E-state index contributed by atoms with van der Waals surface area (Å²) in [6, 6.07) is 9.89. The van der Waals surface area contributed by atoms with Crippen molar-refractivity contribution in [1.29, 1.82) is 0 Å². The van der Waals surface area contributed by atoms with Crippen molar-refractivity contribution in [3.8, 4) is 0 Å². The van der Waals surface area contributed by atoms with Crippen molar-refractivity contribution >= 4 is 5.91 Å². The molecule has 0 saturated carbocycles. The molecule has 4 rings (SSSR count). The Morgan fingerprint density at radius 1 is 1.19 bits per heavy atom. The Hall–Kier alpha value is -2.29. The van der Waals surface area contributed by atoms with Gasteiger partial charge in [0.05, 0.1) is 6.61 Å². The lowest BCUT2D eigenvalue weighted by Gasteiger charge is -2.39. The number of carbonyl (C=O) groups excluding carboxylic acids is 1. The minimum atomic E-state index is -0.232. The molecule has 0 radical (unpaired) electrons. The number of likely N-dealkylation sites (tertiary alicyclic amines) is 1. The summed E-state index contributed by atoms with van der Waals surface area (Å²) in [7, 11) is 1.71. The van der Waals surface area contributed by atoms with Gasteiger partial charge in [-0.3, -0.25) is 4.79 Å². The number of amides is 1. The predicted molar refractivity (Wildman–Crippen MR) is 117 cm³/mol. The van der Waals surface area contributed by atoms with Crippen molar-refractivity contribution in [2.24, 2.45) is 0 Å². The first-order chi connectivity index (χ1) is 15.7. The van der Waals surface area contributed by atoms with E-state index < -0.39 is 0 Å². The number of rotatable bonds is 9. The molecule has 2 aliphatic rings. The van der Waals surface area contributed by atoms with E-state index in [0.29, 0.717) is 32.2 Å². The minimum absolute atomic E-state index is 0.0253. The summed E-state index contributed by atoms with van der Waals surface area (Å²) in [6.45, 7) is 3.93. The van der Waals surface area contributed by atoms with Gasteiger partial charge in [0.15, 0.2) is 5.82 Å². The Morgan fingerprint density at radius 2 is 1.94 bits per heavy atom. The number of hydrogen-bond acceptors (Lipinski definition) is 7. The highest BCUT2D eigenvalue weighted by Crippen LogP contribution is 2.38. The molecule has 8 nitrogen and oxygen atoms in total. The van der Waals surface area contributed by atoms with Crippen LogP contribution in [-0.4, -0.2) is 67.6 Å². The van der Waals surface area contributed by atoms with Gasteiger partial charge in [-0.1, -0.05) is 35.5 Å². The van der Waals surface area contributed by atoms with E-state index >= 15 is 0 Å². The number of hydrogen-bond donors (Lipinski definition) is 0. The molecule has 8 heteroatoms. The fourth-order valence-electron chi connectivity index (χ4n) is 4.55. The van der Waals surface area contributed by atoms with E-state index in [1.54, 1.807) is 7.11 Å². The summed E-state index contributed by atoms with van der Waals surface area (Å²) in [6.07, 6.45) is 4.21. The molecule has 0 unspecified atom stereocenters. The van der Waals surface area contributed by atoms with E-state index in [4.69, 9.17) is 23.7 Å². The van der Waals surface area contributed by atoms with Crippen LogP contribution in [0.1, 0.15) is 55.3 Å². The van der Waals surface area contributed by atoms with Crippen molar-refractivity contribution in [1.82, 2.24) is 15.0 Å². The maximum Gasteiger partial charge on any atom is 0.248 e. The van der Waals surface area contributed by atoms with Gasteiger partial charge in [0, 0.05) is 51.4 Å². The zero-order valence-electron chi connectivity index (χ0n) is 18.8. The van der Waals surface area contributed by atoms with Gasteiger partial charge in [0.25, 0.3) is 0 Å². The third-order valence-corrected chi connectivity index (χ3v) is 6.68. The molecule has 1 aromatic carbocycles. The topological polar surface area (TPSA) is 86.9 Å². The first-order valence-corrected chi connectivity index (χ1v) is 11.5. The van der Waals surface area contributed by atoms with Gasteiger partial charge >= 0.3 is 0 Å². The van der Waals surface area contributed by atoms with E-state index in [1.165, 1.54) is 0 Å². The standard InChI is InChI=1S/C24H33N3O5/c1-29-16-11-24(23-25-22(32-26-23)20-7-14-30-15-8-20)9-12-27(13-10-24)21(28)18-31-17-19-5-3-2-4-6-19/h2-6,20H,7-18H2,1H3. The van der Waals surface area contributed by atoms with E-state index in [0.717, 1.165) is 56.7 Å². The van der Waals surface area contributed by atoms with Crippen molar-refractivity contribution in [3.05, 3.63) is 47.6 Å². The van der Waals surface area contributed by atoms with Crippen LogP contribution in [0, 0.1) is 0 Å². The lowest BCUT2D eigenvalue weighted by atomic mass is 9.75. The molecule has 3 heterocycles. The summed E-state index contributed by atoms with van der Waals surface area (Å²) in [5, 5.41) is 4.38. The fourth-order valence-corrected chi connectivity index (χ4v) is 4.55. The predicted octanol–water partition coefficient (Wildman–Crippen LogP) is 3.08. The summed E-state index contributed by atoms with van der Waals surface area (Å²) < 4.78 is 22.2. The number of carbonyl (C=O) groups is 1. The highest BCUT2D eigenvalue weighted by molar-refractivity contribution is 5.77. The van der Waals surface area contributed by atoms with Crippen LogP contribution in [0.2, 0.25) is 0 Å². The highest BCUT2D eigenvalue weighted by atomic mass is 16.5. The van der Waals surface area contributed by atoms with E-state index in [-0.39, 0.29) is 23.8 Å². The second-order valence-electron chi connectivity index (χ2n) is 8.73. The average molecular weight is 444 g/mol. The number of aromatic nitrogens is 2. The summed E-state index contributed by atoms with van der Waals surface area (Å²) in [5.41, 5.74) is 0.833. The van der Waals surface area contributed by atoms with Crippen LogP contribution in [-0.2, 0) is 31.0 Å². The Bertz CT molecular complexity index is 842. The molecule has 32 heavy (non-hydrogen) atoms. The molecule has 2 fully saturated rings. The maximum absolute atomic E-state index is 12.7. The average Bonchev–Trinajstić information content (AvgIpc) is 3.35. The lowest BCUT2D eigenvalue weighted by molar-refractivity contribution is -0.138. The molecular weight excluding hydrogens is 410 g/mol. The molecule has 0 N–H and O–H groups in total. The third-order valence-electron chi connectivity index (χ3n) is 6.68. The first kappa shape index (κ1) is 22.9. The van der Waals surface area contributed by atoms with Gasteiger partial charge in [-0.2, -0.15) is 4.98 Å². The highest BCUT2D eigenvalue weighted by Gasteiger charge is 2.41. The Labute approximate surface area is 189 Å². The molecular formula is C24H33N3O5. The molecule has 1 aromatic heterocycles. The van der Waals surface area contributed by atoms with Crippen LogP contribution in [0.4, 0.5) is 0 Å². The SMILES string of the molecule is COCCC1(c2noc(C3CCOCC3)n2)CCN(C(=O)COCc2ccccc2)CC1. The second kappa shape index (κ2) is 11.0. The first-order valence-electron chi connectivity index (χ1n) is 11.5. The van der Waals surface area contributed by atoms with Gasteiger partial charge in [-0.15, -0.1) is 0 Å². The Morgan fingerprint density at radius 3 is 2.66 bits per heavy atom. The van der Waals surface area contributed by atoms with Crippen LogP contribution >= 0.6 is 0 Å². The molecule has 1 amide bonds. The quantitative estimate of drug-likeness (QED) is 0.589. The van der Waals surface area contributed by atoms with Crippen LogP contribution in [0.25, 0.3) is 0 Å². The Kier molecular flexibility index (Phi) is 7.89. The van der Waals surface area contributed by atoms with Gasteiger partial charge < -0.3 is 23.6 Å². The molecule has 0 bridgehead atoms. The zero-order chi connectivity index (χ0) is 22.2. The number of ether oxygens (including phenoxy) is 3. The third kappa shape index (κ3) is 5.54. The smallest absolute Gasteiger partial charge is 0.248 e. The number of nitrogens with zero attached hydrogens (tertiary/aromatic N) is 3. The molecule has 2 saturated heterocycles. The molecule has 174 valence electrons. The number of piperidine rings is 1. The normalized spacial score (nSPS) is 19.2. The van der Waals surface area contributed by atoms with Crippen LogP contribution in [0.15, 0.2) is 34.9 Å². The summed E-state index contributed by atoms with van der Waals surface area (Å²) >= 11 is 0. The number of methoxy groups -OCH3 is 1. The van der Waals surface area contributed by atoms with Gasteiger partial charge in [-0.05, 0) is 37.7 Å². The van der Waals surface area contributed by atoms with Crippen LogP contribution in [0.5, 0.6) is 0 Å². The molecule has 0 spiro atoms. The van der Waals surface area contributed by atoms with Crippen molar-refractivity contribution in [2.75, 3.05) is 46.6 Å². The largest absolute Gasteiger partial charge is 0.385 e. The van der Waals surface area contributed by atoms with E-state index in [9.17, 15) is 4.79 Å². The van der Waals surface area contributed by atoms with Crippen LogP contribution in [0.3, 0.4) is 0 Å². The van der Waals surface area contributed by atoms with Crippen molar-refractivity contribution < 1.29 is 23.5 Å². The second-order valence-corrected chi connectivity index (χ2v) is 8.73. The van der Waals surface area contributed by atoms with Crippen LogP contribution < -0.4 is 0 Å². The molecule has 2 aromatic rings. The summed E-state index contributed by atoms with van der Waals surface area (Å²) in [4.78, 5) is 19.4. The monoisotopic (exact) mass is 443 g/mol. The zero-order valence-corrected chi connectivity index (χ0v) is 18.8. The minimum Gasteiger partial charge on any atom is -0.385 e.